The maximum atomic E-state index is 12.5. The van der Waals surface area contributed by atoms with Crippen LogP contribution in [-0.4, -0.2) is 21.4 Å². The van der Waals surface area contributed by atoms with Crippen molar-refractivity contribution in [2.45, 2.75) is 48.1 Å². The summed E-state index contributed by atoms with van der Waals surface area (Å²) in [5.41, 5.74) is 8.48. The Morgan fingerprint density at radius 2 is 1.96 bits per heavy atom. The summed E-state index contributed by atoms with van der Waals surface area (Å²) in [7, 11) is 0. The Kier molecular flexibility index (Phi) is 4.84. The van der Waals surface area contributed by atoms with Crippen molar-refractivity contribution in [3.8, 4) is 0 Å². The third kappa shape index (κ3) is 3.48. The third-order valence-corrected chi connectivity index (χ3v) is 5.52. The summed E-state index contributed by atoms with van der Waals surface area (Å²) in [4.78, 5) is 29.4. The molecule has 0 aliphatic heterocycles. The van der Waals surface area contributed by atoms with Crippen molar-refractivity contribution in [2.24, 2.45) is 17.3 Å². The van der Waals surface area contributed by atoms with Gasteiger partial charge in [0.1, 0.15) is 5.82 Å². The highest BCUT2D eigenvalue weighted by atomic mass is 16.2. The molecule has 2 aromatic rings. The zero-order valence-electron chi connectivity index (χ0n) is 16.9. The van der Waals surface area contributed by atoms with E-state index < -0.39 is 0 Å². The van der Waals surface area contributed by atoms with Crippen LogP contribution in [0.3, 0.4) is 0 Å². The fourth-order valence-corrected chi connectivity index (χ4v) is 3.91. The van der Waals surface area contributed by atoms with Gasteiger partial charge in [-0.05, 0) is 57.2 Å². The highest BCUT2D eigenvalue weighted by molar-refractivity contribution is 5.98. The Morgan fingerprint density at radius 3 is 2.59 bits per heavy atom. The summed E-state index contributed by atoms with van der Waals surface area (Å²) in [6.45, 7) is 13.0. The highest BCUT2D eigenvalue weighted by Crippen LogP contribution is 2.59. The van der Waals surface area contributed by atoms with Crippen molar-refractivity contribution in [3.63, 3.8) is 0 Å². The molecule has 1 aromatic carbocycles. The molecule has 2 atom stereocenters. The number of hydrazine groups is 1. The molecule has 1 saturated carbocycles. The van der Waals surface area contributed by atoms with Crippen LogP contribution in [0.2, 0.25) is 0 Å². The summed E-state index contributed by atoms with van der Waals surface area (Å²) in [6.07, 6.45) is 2.13. The van der Waals surface area contributed by atoms with E-state index in [0.717, 1.165) is 23.4 Å². The first-order valence-corrected chi connectivity index (χ1v) is 9.39. The normalized spacial score (nSPS) is 20.2. The molecule has 0 bridgehead atoms. The van der Waals surface area contributed by atoms with E-state index in [1.807, 2.05) is 26.8 Å². The van der Waals surface area contributed by atoms with Crippen molar-refractivity contribution >= 4 is 22.8 Å². The van der Waals surface area contributed by atoms with Gasteiger partial charge in [-0.15, -0.1) is 0 Å². The van der Waals surface area contributed by atoms with Gasteiger partial charge in [0.15, 0.2) is 0 Å². The Hall–Kier alpha value is -2.63. The molecule has 2 unspecified atom stereocenters. The van der Waals surface area contributed by atoms with Gasteiger partial charge in [-0.25, -0.2) is 4.98 Å². The van der Waals surface area contributed by atoms with Crippen LogP contribution in [-0.2, 0) is 11.3 Å². The molecule has 2 N–H and O–H groups in total. The van der Waals surface area contributed by atoms with Crippen LogP contribution in [0.4, 0.5) is 0 Å². The van der Waals surface area contributed by atoms with Crippen LogP contribution < -0.4 is 10.9 Å². The quantitative estimate of drug-likeness (QED) is 0.642. The van der Waals surface area contributed by atoms with Gasteiger partial charge in [0.05, 0.1) is 17.0 Å². The second-order valence-corrected chi connectivity index (χ2v) is 8.12. The van der Waals surface area contributed by atoms with E-state index in [1.165, 1.54) is 5.57 Å². The Morgan fingerprint density at radius 1 is 1.26 bits per heavy atom. The average Bonchev–Trinajstić information content (AvgIpc) is 2.96. The average molecular weight is 368 g/mol. The first-order valence-electron chi connectivity index (χ1n) is 9.39. The Balaban J connectivity index is 1.67. The number of carbonyl (C=O) groups is 2. The molecule has 1 aliphatic carbocycles. The Bertz CT molecular complexity index is 935. The molecule has 27 heavy (non-hydrogen) atoms. The number of rotatable bonds is 4. The lowest BCUT2D eigenvalue weighted by Gasteiger charge is -2.08. The monoisotopic (exact) mass is 368 g/mol. The molecule has 2 amide bonds. The number of allylic oxidation sites excluding steroid dienone is 2. The summed E-state index contributed by atoms with van der Waals surface area (Å²) in [5, 5.41) is 0. The van der Waals surface area contributed by atoms with Crippen molar-refractivity contribution in [2.75, 3.05) is 0 Å². The van der Waals surface area contributed by atoms with Gasteiger partial charge in [0.25, 0.3) is 5.91 Å². The number of imidazole rings is 1. The molecule has 1 aromatic heterocycles. The first kappa shape index (κ1) is 19.1. The number of fused-ring (bicyclic) bond motifs is 1. The van der Waals surface area contributed by atoms with Crippen LogP contribution in [0.5, 0.6) is 0 Å². The maximum Gasteiger partial charge on any atom is 0.269 e. The molecule has 6 nitrogen and oxygen atoms in total. The van der Waals surface area contributed by atoms with Crippen LogP contribution in [0, 0.1) is 24.2 Å². The van der Waals surface area contributed by atoms with E-state index in [2.05, 4.69) is 47.2 Å². The summed E-state index contributed by atoms with van der Waals surface area (Å²) >= 11 is 0. The van der Waals surface area contributed by atoms with E-state index in [9.17, 15) is 9.59 Å². The SMILES string of the molecule is CCn1c(C)nc2cc(C(=O)NNC(=O)C3C(C=C(C)C)C3(C)C)ccc21. The molecular weight excluding hydrogens is 340 g/mol. The first-order chi connectivity index (χ1) is 12.7. The van der Waals surface area contributed by atoms with Crippen LogP contribution in [0.1, 0.15) is 50.8 Å². The number of nitrogens with zero attached hydrogens (tertiary/aromatic N) is 2. The molecule has 144 valence electrons. The zero-order valence-corrected chi connectivity index (χ0v) is 16.9. The molecule has 0 radical (unpaired) electrons. The third-order valence-electron chi connectivity index (χ3n) is 5.52. The number of nitrogens with one attached hydrogen (secondary N) is 2. The largest absolute Gasteiger partial charge is 0.329 e. The van der Waals surface area contributed by atoms with Crippen LogP contribution in [0.15, 0.2) is 29.8 Å². The minimum atomic E-state index is -0.342. The minimum absolute atomic E-state index is 0.0878. The molecule has 0 saturated heterocycles. The lowest BCUT2D eigenvalue weighted by atomic mass is 10.1. The maximum absolute atomic E-state index is 12.5. The minimum Gasteiger partial charge on any atom is -0.329 e. The second kappa shape index (κ2) is 6.83. The van der Waals surface area contributed by atoms with Crippen molar-refractivity contribution in [1.29, 1.82) is 0 Å². The molecule has 1 fully saturated rings. The van der Waals surface area contributed by atoms with E-state index >= 15 is 0 Å². The van der Waals surface area contributed by atoms with E-state index in [-0.39, 0.29) is 29.1 Å². The smallest absolute Gasteiger partial charge is 0.269 e. The molecule has 0 spiro atoms. The van der Waals surface area contributed by atoms with Crippen LogP contribution in [0.25, 0.3) is 11.0 Å². The summed E-state index contributed by atoms with van der Waals surface area (Å²) < 4.78 is 2.09. The topological polar surface area (TPSA) is 76.0 Å². The summed E-state index contributed by atoms with van der Waals surface area (Å²) in [5.74, 6) is 0.503. The number of benzene rings is 1. The van der Waals surface area contributed by atoms with Gasteiger partial charge in [-0.2, -0.15) is 0 Å². The predicted molar refractivity (Wildman–Crippen MR) is 106 cm³/mol. The van der Waals surface area contributed by atoms with Crippen molar-refractivity contribution < 1.29 is 9.59 Å². The summed E-state index contributed by atoms with van der Waals surface area (Å²) in [6, 6.07) is 5.40. The molecule has 1 heterocycles. The fraction of sp³-hybridized carbons (Fsp3) is 0.476. The van der Waals surface area contributed by atoms with Crippen molar-refractivity contribution in [3.05, 3.63) is 41.2 Å². The van der Waals surface area contributed by atoms with Gasteiger partial charge in [-0.1, -0.05) is 25.5 Å². The molecule has 6 heteroatoms. The molecule has 1 aliphatic rings. The van der Waals surface area contributed by atoms with E-state index in [0.29, 0.717) is 5.56 Å². The second-order valence-electron chi connectivity index (χ2n) is 8.12. The molecule has 3 rings (SSSR count). The highest BCUT2D eigenvalue weighted by Gasteiger charge is 2.60. The fourth-order valence-electron chi connectivity index (χ4n) is 3.91. The van der Waals surface area contributed by atoms with Crippen molar-refractivity contribution in [1.82, 2.24) is 20.4 Å². The van der Waals surface area contributed by atoms with Gasteiger partial charge in [0.2, 0.25) is 5.91 Å². The number of hydrogen-bond acceptors (Lipinski definition) is 3. The number of aromatic nitrogens is 2. The van der Waals surface area contributed by atoms with Crippen LogP contribution >= 0.6 is 0 Å². The number of aryl methyl sites for hydroxylation is 2. The predicted octanol–water partition coefficient (Wildman–Crippen LogP) is 3.36. The number of carbonyl (C=O) groups excluding carboxylic acids is 2. The Labute approximate surface area is 160 Å². The van der Waals surface area contributed by atoms with Gasteiger partial charge in [-0.3, -0.25) is 20.4 Å². The van der Waals surface area contributed by atoms with Gasteiger partial charge < -0.3 is 4.57 Å². The van der Waals surface area contributed by atoms with E-state index in [4.69, 9.17) is 0 Å². The lowest BCUT2D eigenvalue weighted by molar-refractivity contribution is -0.123. The van der Waals surface area contributed by atoms with E-state index in [1.54, 1.807) is 12.1 Å². The zero-order chi connectivity index (χ0) is 19.9. The lowest BCUT2D eigenvalue weighted by Crippen LogP contribution is -2.43. The number of hydrogen-bond donors (Lipinski definition) is 2. The van der Waals surface area contributed by atoms with Gasteiger partial charge >= 0.3 is 0 Å². The van der Waals surface area contributed by atoms with Gasteiger partial charge in [0, 0.05) is 12.1 Å². The standard InChI is InChI=1S/C21H28N4O2/c1-7-25-13(4)22-16-11-14(8-9-17(16)25)19(26)23-24-20(27)18-15(10-12(2)3)21(18,5)6/h8-11,15,18H,7H2,1-6H3,(H,23,26)(H,24,27). The number of amides is 2. The molecular formula is C21H28N4O2.